The number of aldehydes is 1. The average Bonchev–Trinajstić information content (AvgIpc) is 2.48. The number of nitro benzene ring substituents is 1. The minimum atomic E-state index is -0.502. The van der Waals surface area contributed by atoms with Gasteiger partial charge in [0.15, 0.2) is 6.29 Å². The van der Waals surface area contributed by atoms with Gasteiger partial charge in [-0.3, -0.25) is 14.9 Å². The van der Waals surface area contributed by atoms with Gasteiger partial charge in [0.1, 0.15) is 0 Å². The Morgan fingerprint density at radius 1 is 1.20 bits per heavy atom. The number of carbonyl (C=O) groups excluding carboxylic acids is 1. The van der Waals surface area contributed by atoms with Crippen LogP contribution < -0.4 is 0 Å². The number of hydrogen-bond acceptors (Lipinski definition) is 4. The van der Waals surface area contributed by atoms with Gasteiger partial charge in [0.05, 0.1) is 4.92 Å². The summed E-state index contributed by atoms with van der Waals surface area (Å²) in [7, 11) is 0. The van der Waals surface area contributed by atoms with E-state index in [1.807, 2.05) is 24.3 Å². The molecule has 20 heavy (non-hydrogen) atoms. The number of rotatable bonds is 5. The fourth-order valence-electron chi connectivity index (χ4n) is 1.75. The van der Waals surface area contributed by atoms with Crippen molar-refractivity contribution >= 4 is 23.7 Å². The highest BCUT2D eigenvalue weighted by molar-refractivity contribution is 7.99. The lowest BCUT2D eigenvalue weighted by atomic mass is 10.2. The molecule has 0 radical (unpaired) electrons. The van der Waals surface area contributed by atoms with Crippen LogP contribution >= 0.6 is 11.8 Å². The van der Waals surface area contributed by atoms with E-state index in [-0.39, 0.29) is 5.69 Å². The third kappa shape index (κ3) is 3.24. The molecule has 102 valence electrons. The quantitative estimate of drug-likeness (QED) is 0.471. The molecule has 0 aromatic heterocycles. The predicted molar refractivity (Wildman–Crippen MR) is 78.4 cm³/mol. The molecule has 0 saturated heterocycles. The van der Waals surface area contributed by atoms with Crippen LogP contribution in [0.4, 0.5) is 5.69 Å². The van der Waals surface area contributed by atoms with Crippen LogP contribution in [0.1, 0.15) is 22.8 Å². The molecule has 0 spiro atoms. The zero-order valence-electron chi connectivity index (χ0n) is 10.9. The number of nitro groups is 1. The van der Waals surface area contributed by atoms with Crippen molar-refractivity contribution < 1.29 is 9.72 Å². The average molecular weight is 287 g/mol. The molecule has 0 atom stereocenters. The Bertz CT molecular complexity index is 638. The van der Waals surface area contributed by atoms with E-state index in [4.69, 9.17) is 0 Å². The molecule has 0 aliphatic carbocycles. The molecule has 4 nitrogen and oxygen atoms in total. The summed E-state index contributed by atoms with van der Waals surface area (Å²) in [6.07, 6.45) is 1.62. The smallest absolute Gasteiger partial charge is 0.270 e. The van der Waals surface area contributed by atoms with E-state index in [1.165, 1.54) is 29.5 Å². The summed E-state index contributed by atoms with van der Waals surface area (Å²) >= 11 is 1.42. The maximum atomic E-state index is 11.1. The summed E-state index contributed by atoms with van der Waals surface area (Å²) < 4.78 is 0. The van der Waals surface area contributed by atoms with E-state index in [0.29, 0.717) is 11.8 Å². The molecule has 0 amide bonds. The Morgan fingerprint density at radius 3 is 2.45 bits per heavy atom. The largest absolute Gasteiger partial charge is 0.298 e. The second-order valence-corrected chi connectivity index (χ2v) is 5.31. The van der Waals surface area contributed by atoms with Crippen molar-refractivity contribution in [3.8, 4) is 0 Å². The Kier molecular flexibility index (Phi) is 4.53. The van der Waals surface area contributed by atoms with Gasteiger partial charge in [0.2, 0.25) is 0 Å². The molecule has 0 heterocycles. The number of carbonyl (C=O) groups is 1. The van der Waals surface area contributed by atoms with Gasteiger partial charge in [-0.15, -0.1) is 0 Å². The Morgan fingerprint density at radius 2 is 1.90 bits per heavy atom. The van der Waals surface area contributed by atoms with Gasteiger partial charge in [0.25, 0.3) is 5.69 Å². The van der Waals surface area contributed by atoms with E-state index in [9.17, 15) is 14.9 Å². The molecule has 0 bridgehead atoms. The van der Waals surface area contributed by atoms with Crippen molar-refractivity contribution in [1.29, 1.82) is 0 Å². The van der Waals surface area contributed by atoms with Crippen LogP contribution in [-0.4, -0.2) is 11.2 Å². The van der Waals surface area contributed by atoms with Gasteiger partial charge in [-0.2, -0.15) is 0 Å². The number of nitrogens with zero attached hydrogens (tertiary/aromatic N) is 1. The van der Waals surface area contributed by atoms with Crippen molar-refractivity contribution in [1.82, 2.24) is 0 Å². The topological polar surface area (TPSA) is 60.2 Å². The summed E-state index contributed by atoms with van der Waals surface area (Å²) in [6, 6.07) is 12.4. The van der Waals surface area contributed by atoms with Crippen LogP contribution in [0, 0.1) is 10.1 Å². The van der Waals surface area contributed by atoms with Gasteiger partial charge in [-0.05, 0) is 30.2 Å². The van der Waals surface area contributed by atoms with Gasteiger partial charge in [-0.25, -0.2) is 0 Å². The maximum Gasteiger partial charge on any atom is 0.270 e. The monoisotopic (exact) mass is 287 g/mol. The molecule has 0 N–H and O–H groups in total. The van der Waals surface area contributed by atoms with Gasteiger partial charge in [-0.1, -0.05) is 30.8 Å². The minimum Gasteiger partial charge on any atom is -0.298 e. The summed E-state index contributed by atoms with van der Waals surface area (Å²) in [5.74, 6) is 0. The van der Waals surface area contributed by atoms with Crippen LogP contribution in [0.3, 0.4) is 0 Å². The molecule has 0 unspecified atom stereocenters. The Labute approximate surface area is 121 Å². The third-order valence-corrected chi connectivity index (χ3v) is 3.99. The molecule has 5 heteroatoms. The van der Waals surface area contributed by atoms with E-state index in [0.717, 1.165) is 16.2 Å². The SMILES string of the molecule is CCc1ccc(Sc2ccc([N+](=O)[O-])cc2C=O)cc1. The van der Waals surface area contributed by atoms with Crippen LogP contribution in [0.5, 0.6) is 0 Å². The van der Waals surface area contributed by atoms with E-state index < -0.39 is 4.92 Å². The van der Waals surface area contributed by atoms with Crippen molar-refractivity contribution in [2.75, 3.05) is 0 Å². The molecular formula is C15H13NO3S. The molecule has 2 aromatic carbocycles. The second kappa shape index (κ2) is 6.34. The first-order chi connectivity index (χ1) is 9.63. The summed E-state index contributed by atoms with van der Waals surface area (Å²) in [6.45, 7) is 2.09. The van der Waals surface area contributed by atoms with Crippen LogP contribution in [0.15, 0.2) is 52.3 Å². The maximum absolute atomic E-state index is 11.1. The van der Waals surface area contributed by atoms with E-state index in [2.05, 4.69) is 6.92 Å². The first-order valence-electron chi connectivity index (χ1n) is 6.14. The molecule has 2 aromatic rings. The highest BCUT2D eigenvalue weighted by atomic mass is 32.2. The lowest BCUT2D eigenvalue weighted by Gasteiger charge is -2.05. The molecule has 2 rings (SSSR count). The normalized spacial score (nSPS) is 10.2. The zero-order chi connectivity index (χ0) is 14.5. The lowest BCUT2D eigenvalue weighted by Crippen LogP contribution is -1.92. The molecule has 0 saturated carbocycles. The molecule has 0 aliphatic rings. The fourth-order valence-corrected chi connectivity index (χ4v) is 2.64. The van der Waals surface area contributed by atoms with E-state index >= 15 is 0 Å². The van der Waals surface area contributed by atoms with Gasteiger partial charge in [0, 0.05) is 27.5 Å². The Hall–Kier alpha value is -2.14. The first-order valence-corrected chi connectivity index (χ1v) is 6.96. The second-order valence-electron chi connectivity index (χ2n) is 4.20. The van der Waals surface area contributed by atoms with E-state index in [1.54, 1.807) is 6.07 Å². The van der Waals surface area contributed by atoms with Crippen LogP contribution in [-0.2, 0) is 6.42 Å². The highest BCUT2D eigenvalue weighted by Gasteiger charge is 2.11. The van der Waals surface area contributed by atoms with Crippen molar-refractivity contribution in [2.45, 2.75) is 23.1 Å². The number of non-ortho nitro benzene ring substituents is 1. The minimum absolute atomic E-state index is 0.0715. The van der Waals surface area contributed by atoms with Crippen molar-refractivity contribution in [3.63, 3.8) is 0 Å². The standard InChI is InChI=1S/C15H13NO3S/c1-2-11-3-6-14(7-4-11)20-15-8-5-13(16(18)19)9-12(15)10-17/h3-10H,2H2,1H3. The summed E-state index contributed by atoms with van der Waals surface area (Å²) in [4.78, 5) is 23.0. The van der Waals surface area contributed by atoms with Crippen molar-refractivity contribution in [3.05, 3.63) is 63.7 Å². The zero-order valence-corrected chi connectivity index (χ0v) is 11.7. The predicted octanol–water partition coefficient (Wildman–Crippen LogP) is 4.12. The van der Waals surface area contributed by atoms with Crippen molar-refractivity contribution in [2.24, 2.45) is 0 Å². The molecular weight excluding hydrogens is 274 g/mol. The number of aryl methyl sites for hydroxylation is 1. The fraction of sp³-hybridized carbons (Fsp3) is 0.133. The summed E-state index contributed by atoms with van der Waals surface area (Å²) in [5.41, 5.74) is 1.51. The van der Waals surface area contributed by atoms with Crippen LogP contribution in [0.25, 0.3) is 0 Å². The van der Waals surface area contributed by atoms with Gasteiger partial charge >= 0.3 is 0 Å². The molecule has 0 aliphatic heterocycles. The lowest BCUT2D eigenvalue weighted by molar-refractivity contribution is -0.384. The first kappa shape index (κ1) is 14.3. The Balaban J connectivity index is 2.27. The van der Waals surface area contributed by atoms with Crippen LogP contribution in [0.2, 0.25) is 0 Å². The third-order valence-electron chi connectivity index (χ3n) is 2.89. The number of benzene rings is 2. The molecule has 0 fully saturated rings. The van der Waals surface area contributed by atoms with Gasteiger partial charge < -0.3 is 0 Å². The number of hydrogen-bond donors (Lipinski definition) is 0. The highest BCUT2D eigenvalue weighted by Crippen LogP contribution is 2.32. The summed E-state index contributed by atoms with van der Waals surface area (Å²) in [5, 5.41) is 10.7.